The topological polar surface area (TPSA) is 84.2 Å². The van der Waals surface area contributed by atoms with Crippen molar-refractivity contribution in [2.45, 2.75) is 13.8 Å². The van der Waals surface area contributed by atoms with Gasteiger partial charge in [-0.3, -0.25) is 4.57 Å². The molecule has 0 atom stereocenters. The molecule has 0 aromatic carbocycles. The van der Waals surface area contributed by atoms with E-state index in [4.69, 9.17) is 19.0 Å². The van der Waals surface area contributed by atoms with Gasteiger partial charge in [-0.15, -0.1) is 0 Å². The molecule has 8 heteroatoms. The van der Waals surface area contributed by atoms with Crippen molar-refractivity contribution >= 4 is 14.0 Å². The van der Waals surface area contributed by atoms with Crippen LogP contribution in [0, 0.1) is 11.3 Å². The molecule has 0 bridgehead atoms. The maximum Gasteiger partial charge on any atom is 0.381 e. The molecule has 0 N–H and O–H groups in total. The Morgan fingerprint density at radius 2 is 1.95 bits per heavy atom. The van der Waals surface area contributed by atoms with Crippen molar-refractivity contribution in [1.82, 2.24) is 4.90 Å². The number of nitrogens with zero attached hydrogens (tertiary/aromatic N) is 3. The molecule has 0 aliphatic carbocycles. The molecule has 0 radical (unpaired) electrons. The van der Waals surface area contributed by atoms with Crippen LogP contribution in [0.2, 0.25) is 0 Å². The zero-order valence-electron chi connectivity index (χ0n) is 11.7. The lowest BCUT2D eigenvalue weighted by atomic mass is 10.8. The monoisotopic (exact) mass is 289 g/mol. The van der Waals surface area contributed by atoms with E-state index in [1.165, 1.54) is 6.20 Å². The Balaban J connectivity index is 5.15. The number of ether oxygens (including phenoxy) is 1. The lowest BCUT2D eigenvalue weighted by Crippen LogP contribution is -2.06. The van der Waals surface area contributed by atoms with E-state index in [1.807, 2.05) is 0 Å². The zero-order chi connectivity index (χ0) is 14.7. The molecule has 7 nitrogen and oxygen atoms in total. The van der Waals surface area contributed by atoms with Crippen LogP contribution >= 0.6 is 7.60 Å². The number of rotatable bonds is 9. The first kappa shape index (κ1) is 17.6. The summed E-state index contributed by atoms with van der Waals surface area (Å²) >= 11 is 0. The average molecular weight is 289 g/mol. The molecule has 0 fully saturated rings. The molecule has 19 heavy (non-hydrogen) atoms. The van der Waals surface area contributed by atoms with Gasteiger partial charge < -0.3 is 18.7 Å². The molecule has 0 aliphatic rings. The SMILES string of the molecule is CCOP(=O)(OCC)C(=C/N(C)C)/N=C/OCC#N. The minimum atomic E-state index is -3.47. The van der Waals surface area contributed by atoms with E-state index in [0.29, 0.717) is 0 Å². The summed E-state index contributed by atoms with van der Waals surface area (Å²) in [6.07, 6.45) is 2.58. The Bertz CT molecular complexity index is 391. The minimum absolute atomic E-state index is 0.124. The highest BCUT2D eigenvalue weighted by Crippen LogP contribution is 2.56. The fraction of sp³-hybridized carbons (Fsp3) is 0.636. The van der Waals surface area contributed by atoms with E-state index in [-0.39, 0.29) is 25.3 Å². The number of hydrogen-bond acceptors (Lipinski definition) is 7. The van der Waals surface area contributed by atoms with Gasteiger partial charge in [0.05, 0.1) is 13.2 Å². The van der Waals surface area contributed by atoms with E-state index in [1.54, 1.807) is 38.9 Å². The molecular formula is C11H20N3O4P. The highest BCUT2D eigenvalue weighted by Gasteiger charge is 2.30. The number of aliphatic imine (C=N–C) groups is 1. The van der Waals surface area contributed by atoms with Crippen LogP contribution in [0.15, 0.2) is 16.6 Å². The summed E-state index contributed by atoms with van der Waals surface area (Å²) in [6, 6.07) is 1.80. The predicted molar refractivity (Wildman–Crippen MR) is 72.7 cm³/mol. The van der Waals surface area contributed by atoms with Gasteiger partial charge in [0, 0.05) is 20.3 Å². The van der Waals surface area contributed by atoms with Gasteiger partial charge in [0.2, 0.25) is 0 Å². The Labute approximate surface area is 114 Å². The fourth-order valence-corrected chi connectivity index (χ4v) is 2.66. The largest absolute Gasteiger partial charge is 0.468 e. The van der Waals surface area contributed by atoms with E-state index >= 15 is 0 Å². The van der Waals surface area contributed by atoms with Crippen LogP contribution in [0.1, 0.15) is 13.8 Å². The van der Waals surface area contributed by atoms with Gasteiger partial charge in [0.1, 0.15) is 6.07 Å². The fourth-order valence-electron chi connectivity index (χ4n) is 1.08. The van der Waals surface area contributed by atoms with Crippen molar-refractivity contribution in [3.05, 3.63) is 11.6 Å². The van der Waals surface area contributed by atoms with Crippen molar-refractivity contribution in [3.8, 4) is 6.07 Å². The average Bonchev–Trinajstić information content (AvgIpc) is 2.33. The Morgan fingerprint density at radius 3 is 2.37 bits per heavy atom. The van der Waals surface area contributed by atoms with E-state index in [9.17, 15) is 4.57 Å². The molecule has 0 heterocycles. The lowest BCUT2D eigenvalue weighted by Gasteiger charge is -2.18. The van der Waals surface area contributed by atoms with Crippen molar-refractivity contribution < 1.29 is 18.3 Å². The summed E-state index contributed by atoms with van der Waals surface area (Å²) in [4.78, 5) is 5.59. The second kappa shape index (κ2) is 9.56. The van der Waals surface area contributed by atoms with Crippen LogP contribution < -0.4 is 0 Å². The van der Waals surface area contributed by atoms with Crippen LogP contribution in [-0.2, 0) is 18.3 Å². The molecule has 0 saturated carbocycles. The van der Waals surface area contributed by atoms with Gasteiger partial charge in [-0.2, -0.15) is 5.26 Å². The van der Waals surface area contributed by atoms with Crippen LogP contribution in [-0.4, -0.2) is 45.2 Å². The van der Waals surface area contributed by atoms with Gasteiger partial charge in [-0.25, -0.2) is 4.99 Å². The Morgan fingerprint density at radius 1 is 1.37 bits per heavy atom. The predicted octanol–water partition coefficient (Wildman–Crippen LogP) is 2.18. The smallest absolute Gasteiger partial charge is 0.381 e. The summed E-state index contributed by atoms with van der Waals surface area (Å²) < 4.78 is 27.7. The summed E-state index contributed by atoms with van der Waals surface area (Å²) in [5, 5.41) is 8.34. The maximum atomic E-state index is 12.5. The van der Waals surface area contributed by atoms with Crippen LogP contribution in [0.4, 0.5) is 0 Å². The second-order valence-corrected chi connectivity index (χ2v) is 5.46. The molecule has 108 valence electrons. The lowest BCUT2D eigenvalue weighted by molar-refractivity contribution is 0.225. The first-order chi connectivity index (χ1) is 9.00. The van der Waals surface area contributed by atoms with Crippen molar-refractivity contribution in [2.24, 2.45) is 4.99 Å². The van der Waals surface area contributed by atoms with Crippen LogP contribution in [0.25, 0.3) is 0 Å². The quantitative estimate of drug-likeness (QED) is 0.280. The van der Waals surface area contributed by atoms with Crippen molar-refractivity contribution in [1.29, 1.82) is 5.26 Å². The summed E-state index contributed by atoms with van der Waals surface area (Å²) in [5.74, 6) is 0. The third kappa shape index (κ3) is 6.97. The molecular weight excluding hydrogens is 269 g/mol. The molecule has 0 rings (SSSR count). The van der Waals surface area contributed by atoms with Gasteiger partial charge >= 0.3 is 7.60 Å². The van der Waals surface area contributed by atoms with Gasteiger partial charge in [-0.1, -0.05) is 0 Å². The van der Waals surface area contributed by atoms with E-state index < -0.39 is 7.60 Å². The normalized spacial score (nSPS) is 12.5. The number of nitriles is 1. The molecule has 0 aliphatic heterocycles. The number of hydrogen-bond donors (Lipinski definition) is 0. The second-order valence-electron chi connectivity index (χ2n) is 3.49. The molecule has 0 aromatic rings. The first-order valence-corrected chi connectivity index (χ1v) is 7.33. The van der Waals surface area contributed by atoms with Crippen molar-refractivity contribution in [3.63, 3.8) is 0 Å². The molecule has 0 aromatic heterocycles. The van der Waals surface area contributed by atoms with Gasteiger partial charge in [-0.05, 0) is 13.8 Å². The molecule has 0 saturated heterocycles. The minimum Gasteiger partial charge on any atom is -0.468 e. The van der Waals surface area contributed by atoms with Gasteiger partial charge in [0.15, 0.2) is 18.4 Å². The van der Waals surface area contributed by atoms with E-state index in [2.05, 4.69) is 4.99 Å². The Hall–Kier alpha value is -1.35. The zero-order valence-corrected chi connectivity index (χ0v) is 12.6. The third-order valence-electron chi connectivity index (χ3n) is 1.66. The van der Waals surface area contributed by atoms with Crippen molar-refractivity contribution in [2.75, 3.05) is 33.9 Å². The molecule has 0 unspecified atom stereocenters. The first-order valence-electron chi connectivity index (χ1n) is 5.79. The molecule has 0 amide bonds. The molecule has 0 spiro atoms. The Kier molecular flexibility index (Phi) is 8.88. The van der Waals surface area contributed by atoms with E-state index in [0.717, 1.165) is 6.40 Å². The summed E-state index contributed by atoms with van der Waals surface area (Å²) in [6.45, 7) is 3.77. The summed E-state index contributed by atoms with van der Waals surface area (Å²) in [7, 11) is 0.0423. The highest BCUT2D eigenvalue weighted by molar-refractivity contribution is 7.58. The standard InChI is InChI=1S/C11H20N3O4P/c1-5-17-19(15,18-6-2)11(9-14(3)4)13-10-16-8-7-12/h9-10H,5-6,8H2,1-4H3/b11-9+,13-10+. The van der Waals surface area contributed by atoms with Gasteiger partial charge in [0.25, 0.3) is 0 Å². The van der Waals surface area contributed by atoms with Crippen LogP contribution in [0.5, 0.6) is 0 Å². The third-order valence-corrected chi connectivity index (χ3v) is 3.65. The summed E-state index contributed by atoms with van der Waals surface area (Å²) in [5.41, 5.74) is 0.124. The maximum absolute atomic E-state index is 12.5. The van der Waals surface area contributed by atoms with Crippen LogP contribution in [0.3, 0.4) is 0 Å². The highest BCUT2D eigenvalue weighted by atomic mass is 31.2.